The molecule has 0 amide bonds. The van der Waals surface area contributed by atoms with Gasteiger partial charge >= 0.3 is 0 Å². The lowest BCUT2D eigenvalue weighted by Gasteiger charge is -2.15. The lowest BCUT2D eigenvalue weighted by molar-refractivity contribution is 1.08. The van der Waals surface area contributed by atoms with Crippen molar-refractivity contribution in [3.8, 4) is 56.4 Å². The Morgan fingerprint density at radius 2 is 0.941 bits per heavy atom. The third-order valence-corrected chi connectivity index (χ3v) is 11.0. The van der Waals surface area contributed by atoms with Crippen LogP contribution in [0, 0.1) is 0 Å². The van der Waals surface area contributed by atoms with Crippen LogP contribution in [0.1, 0.15) is 0 Å². The Morgan fingerprint density at radius 3 is 1.80 bits per heavy atom. The van der Waals surface area contributed by atoms with Gasteiger partial charge in [0.1, 0.15) is 0 Å². The van der Waals surface area contributed by atoms with Gasteiger partial charge in [-0.2, -0.15) is 0 Å². The summed E-state index contributed by atoms with van der Waals surface area (Å²) in [5.41, 5.74) is 7.48. The third kappa shape index (κ3) is 5.16. The number of fused-ring (bicyclic) bond motifs is 5. The fraction of sp³-hybridized carbons (Fsp3) is 0. The summed E-state index contributed by atoms with van der Waals surface area (Å²) < 4.78 is 2.42. The lowest BCUT2D eigenvalue weighted by atomic mass is 9.92. The Balaban J connectivity index is 1.24. The molecule has 0 aliphatic rings. The van der Waals surface area contributed by atoms with Crippen LogP contribution in [0.25, 0.3) is 98.1 Å². The molecule has 0 fully saturated rings. The van der Waals surface area contributed by atoms with Crippen LogP contribution in [0.3, 0.4) is 0 Å². The van der Waals surface area contributed by atoms with Crippen LogP contribution in [0.4, 0.5) is 0 Å². The summed E-state index contributed by atoms with van der Waals surface area (Å²) in [5.74, 6) is 1.96. The minimum atomic E-state index is 0.644. The van der Waals surface area contributed by atoms with Gasteiger partial charge in [-0.05, 0) is 62.0 Å². The van der Waals surface area contributed by atoms with Crippen molar-refractivity contribution in [3.63, 3.8) is 0 Å². The van der Waals surface area contributed by atoms with Crippen LogP contribution in [-0.4, -0.2) is 15.0 Å². The molecule has 10 aromatic rings. The highest BCUT2D eigenvalue weighted by molar-refractivity contribution is 7.26. The molecule has 0 saturated carbocycles. The maximum Gasteiger partial charge on any atom is 0.165 e. The molecule has 0 radical (unpaired) electrons. The van der Waals surface area contributed by atoms with Gasteiger partial charge in [0.15, 0.2) is 17.5 Å². The van der Waals surface area contributed by atoms with E-state index in [4.69, 9.17) is 15.0 Å². The molecule has 4 heteroatoms. The zero-order valence-electron chi connectivity index (χ0n) is 27.5. The average Bonchev–Trinajstić information content (AvgIpc) is 3.59. The second-order valence-electron chi connectivity index (χ2n) is 12.8. The summed E-state index contributed by atoms with van der Waals surface area (Å²) in [4.78, 5) is 15.9. The molecule has 2 heterocycles. The predicted octanol–water partition coefficient (Wildman–Crippen LogP) is 12.9. The van der Waals surface area contributed by atoms with Crippen LogP contribution in [-0.2, 0) is 0 Å². The number of rotatable bonds is 5. The topological polar surface area (TPSA) is 38.7 Å². The molecule has 0 bridgehead atoms. The van der Waals surface area contributed by atoms with Gasteiger partial charge < -0.3 is 0 Å². The Labute approximate surface area is 299 Å². The van der Waals surface area contributed by atoms with Gasteiger partial charge in [-0.3, -0.25) is 0 Å². The highest BCUT2D eigenvalue weighted by atomic mass is 32.1. The van der Waals surface area contributed by atoms with Gasteiger partial charge in [0.05, 0.1) is 0 Å². The van der Waals surface area contributed by atoms with E-state index in [1.54, 1.807) is 11.3 Å². The van der Waals surface area contributed by atoms with E-state index in [2.05, 4.69) is 170 Å². The molecular weight excluding hydrogens is 639 g/mol. The summed E-state index contributed by atoms with van der Waals surface area (Å²) in [6.07, 6.45) is 0. The van der Waals surface area contributed by atoms with E-state index < -0.39 is 0 Å². The first-order valence-electron chi connectivity index (χ1n) is 17.1. The molecule has 51 heavy (non-hydrogen) atoms. The first-order chi connectivity index (χ1) is 25.3. The minimum Gasteiger partial charge on any atom is -0.208 e. The number of nitrogens with zero attached hydrogens (tertiary/aromatic N) is 3. The SMILES string of the molecule is c1ccc(-c2ccc(-c3nc(-c4c(-c5ccc6ccccc6c5)ccc5ccccc45)nc(-c4cccc5c4sc4ccccc45)n3)cc2)cc1. The first-order valence-corrected chi connectivity index (χ1v) is 17.9. The number of hydrogen-bond acceptors (Lipinski definition) is 4. The van der Waals surface area contributed by atoms with Crippen molar-refractivity contribution in [2.24, 2.45) is 0 Å². The lowest BCUT2D eigenvalue weighted by Crippen LogP contribution is -2.02. The molecule has 3 nitrogen and oxygen atoms in total. The monoisotopic (exact) mass is 667 g/mol. The van der Waals surface area contributed by atoms with E-state index in [1.807, 2.05) is 6.07 Å². The highest BCUT2D eigenvalue weighted by Gasteiger charge is 2.20. The number of hydrogen-bond donors (Lipinski definition) is 0. The van der Waals surface area contributed by atoms with Gasteiger partial charge in [-0.15, -0.1) is 11.3 Å². The van der Waals surface area contributed by atoms with Crippen LogP contribution in [0.15, 0.2) is 176 Å². The summed E-state index contributed by atoms with van der Waals surface area (Å²) >= 11 is 1.79. The summed E-state index contributed by atoms with van der Waals surface area (Å²) in [5, 5.41) is 7.11. The maximum absolute atomic E-state index is 5.37. The Kier molecular flexibility index (Phi) is 7.00. The Morgan fingerprint density at radius 1 is 0.333 bits per heavy atom. The Bertz CT molecular complexity index is 2910. The summed E-state index contributed by atoms with van der Waals surface area (Å²) in [7, 11) is 0. The second kappa shape index (κ2) is 12.1. The number of benzene rings is 8. The third-order valence-electron chi connectivity index (χ3n) is 9.74. The standard InChI is InChI=1S/C47H29N3S/c1-2-11-30(12-3-1)32-21-24-34(25-22-32)45-48-46(41-19-10-18-40-39-17-8-9-20-42(39)51-44(40)41)50-47(49-45)43-37-16-7-6-14-33(37)27-28-38(43)36-26-23-31-13-4-5-15-35(31)29-36/h1-29H. The van der Waals surface area contributed by atoms with Gasteiger partial charge in [-0.1, -0.05) is 158 Å². The van der Waals surface area contributed by atoms with E-state index >= 15 is 0 Å². The van der Waals surface area contributed by atoms with Gasteiger partial charge in [0, 0.05) is 36.9 Å². The van der Waals surface area contributed by atoms with E-state index in [0.29, 0.717) is 17.5 Å². The van der Waals surface area contributed by atoms with Crippen molar-refractivity contribution in [1.82, 2.24) is 15.0 Å². The summed E-state index contributed by atoms with van der Waals surface area (Å²) in [6, 6.07) is 62.2. The smallest absolute Gasteiger partial charge is 0.165 e. The average molecular weight is 668 g/mol. The van der Waals surface area contributed by atoms with Crippen molar-refractivity contribution >= 4 is 53.1 Å². The van der Waals surface area contributed by atoms with Gasteiger partial charge in [0.25, 0.3) is 0 Å². The van der Waals surface area contributed by atoms with Crippen LogP contribution < -0.4 is 0 Å². The molecule has 2 aromatic heterocycles. The van der Waals surface area contributed by atoms with Crippen molar-refractivity contribution in [1.29, 1.82) is 0 Å². The number of thiophene rings is 1. The zero-order chi connectivity index (χ0) is 33.7. The molecule has 8 aromatic carbocycles. The van der Waals surface area contributed by atoms with Crippen molar-refractivity contribution in [2.45, 2.75) is 0 Å². The fourth-order valence-corrected chi connectivity index (χ4v) is 8.42. The van der Waals surface area contributed by atoms with E-state index in [0.717, 1.165) is 44.2 Å². The normalized spacial score (nSPS) is 11.5. The number of aromatic nitrogens is 3. The van der Waals surface area contributed by atoms with Crippen LogP contribution in [0.5, 0.6) is 0 Å². The van der Waals surface area contributed by atoms with Gasteiger partial charge in [0.2, 0.25) is 0 Å². The van der Waals surface area contributed by atoms with Crippen molar-refractivity contribution < 1.29 is 0 Å². The van der Waals surface area contributed by atoms with Crippen molar-refractivity contribution in [3.05, 3.63) is 176 Å². The Hall–Kier alpha value is -6.49. The zero-order valence-corrected chi connectivity index (χ0v) is 28.3. The maximum atomic E-state index is 5.37. The van der Waals surface area contributed by atoms with E-state index in [-0.39, 0.29) is 0 Å². The fourth-order valence-electron chi connectivity index (χ4n) is 7.21. The second-order valence-corrected chi connectivity index (χ2v) is 13.9. The summed E-state index contributed by atoms with van der Waals surface area (Å²) in [6.45, 7) is 0. The van der Waals surface area contributed by atoms with Gasteiger partial charge in [-0.25, -0.2) is 15.0 Å². The molecule has 10 rings (SSSR count). The molecule has 0 N–H and O–H groups in total. The molecule has 238 valence electrons. The quantitative estimate of drug-likeness (QED) is 0.183. The molecular formula is C47H29N3S. The molecule has 0 saturated heterocycles. The van der Waals surface area contributed by atoms with E-state index in [9.17, 15) is 0 Å². The largest absolute Gasteiger partial charge is 0.208 e. The molecule has 0 atom stereocenters. The molecule has 0 aliphatic heterocycles. The first kappa shape index (κ1) is 29.4. The van der Waals surface area contributed by atoms with Crippen molar-refractivity contribution in [2.75, 3.05) is 0 Å². The predicted molar refractivity (Wildman–Crippen MR) is 215 cm³/mol. The van der Waals surface area contributed by atoms with Crippen LogP contribution in [0.2, 0.25) is 0 Å². The van der Waals surface area contributed by atoms with Crippen LogP contribution >= 0.6 is 11.3 Å². The minimum absolute atomic E-state index is 0.644. The molecule has 0 aliphatic carbocycles. The molecule has 0 spiro atoms. The highest BCUT2D eigenvalue weighted by Crippen LogP contribution is 2.42. The molecule has 0 unspecified atom stereocenters. The van der Waals surface area contributed by atoms with E-state index in [1.165, 1.54) is 36.5 Å².